The molecule has 6 fully saturated rings. The summed E-state index contributed by atoms with van der Waals surface area (Å²) in [7, 11) is 1.48. The molecule has 6 heterocycles. The van der Waals surface area contributed by atoms with Crippen molar-refractivity contribution in [2.45, 2.75) is 251 Å². The van der Waals surface area contributed by atoms with E-state index in [-0.39, 0.29) is 33.0 Å². The fourth-order valence-corrected chi connectivity index (χ4v) is 16.4. The summed E-state index contributed by atoms with van der Waals surface area (Å²) < 4.78 is 123. The highest BCUT2D eigenvalue weighted by atomic mass is 16.8. The van der Waals surface area contributed by atoms with E-state index in [1.54, 1.807) is 206 Å². The standard InChI is InChI=1S/C92H109N3O35/c1-49(99)93-63-72(69(60(39-96)120-87(63)111)113-42-52-23-11-5-12-24-52)123-91-67(103)76(117-46-56-31-19-9-20-32-56)79(82(129-91)85(107)108)126-89-65(95-51(3)101)74(71(62(41-98)122-89)115-44-54-27-15-7-16-28-54)125-92-68(104)77(118-47-57-33-21-10-22-34-57)80(83(130-92)86(109)110)127-88-64(94-50(2)100)73(70(61(40-97)121-88)114-43-53-25-13-6-14-26-53)124-90-66(102)75(116-45-55-29-17-8-18-30-55)78(81(128-90)84(105)106)119-48-58-35-37-59(112-4)38-36-58/h5-38,60-83,87-92,96-98,102-104,111H,39-48H2,1-4H3,(H,93,99)(H,94,100)(H,95,101)(H,105,106)(H,107,108)(H,109,110)/t60-,61-,62-,63-,64+,65-,66-,67-,68-,69+,70+,71+,72-,73-,74-,75-,76-,77-,78+,79+,80+,81+,82+,83+,87-,88+,89+,90-,91-,92-/m1/s1. The molecule has 0 radical (unpaired) electrons. The predicted molar refractivity (Wildman–Crippen MR) is 445 cm³/mol. The molecule has 0 aliphatic carbocycles. The Morgan fingerprint density at radius 3 is 0.800 bits per heavy atom. The lowest BCUT2D eigenvalue weighted by molar-refractivity contribution is -0.384. The second-order valence-corrected chi connectivity index (χ2v) is 31.8. The van der Waals surface area contributed by atoms with Crippen molar-refractivity contribution in [3.8, 4) is 5.75 Å². The van der Waals surface area contributed by atoms with Gasteiger partial charge in [0.2, 0.25) is 17.7 Å². The zero-order valence-corrected chi connectivity index (χ0v) is 71.2. The van der Waals surface area contributed by atoms with Gasteiger partial charge in [0, 0.05) is 20.8 Å². The lowest BCUT2D eigenvalue weighted by atomic mass is 9.93. The summed E-state index contributed by atoms with van der Waals surface area (Å²) >= 11 is 0. The Hall–Kier alpha value is -9.84. The molecule has 0 spiro atoms. The van der Waals surface area contributed by atoms with Gasteiger partial charge in [0.25, 0.3) is 0 Å². The lowest BCUT2D eigenvalue weighted by Crippen LogP contribution is -2.72. The van der Waals surface area contributed by atoms with Gasteiger partial charge in [-0.05, 0) is 51.1 Å². The number of carbonyl (C=O) groups excluding carboxylic acids is 3. The number of aliphatic hydroxyl groups is 7. The molecule has 0 aromatic heterocycles. The fourth-order valence-electron chi connectivity index (χ4n) is 16.4. The molecule has 0 bridgehead atoms. The average Bonchev–Trinajstić information content (AvgIpc) is 0.754. The van der Waals surface area contributed by atoms with E-state index in [1.165, 1.54) is 7.11 Å². The number of benzene rings is 7. The smallest absolute Gasteiger partial charge is 0.335 e. The first-order valence-corrected chi connectivity index (χ1v) is 42.3. The van der Waals surface area contributed by atoms with Crippen molar-refractivity contribution in [2.75, 3.05) is 26.9 Å². The topological polar surface area (TPSA) is 516 Å². The highest BCUT2D eigenvalue weighted by molar-refractivity contribution is 5.76. The first-order chi connectivity index (χ1) is 62.9. The molecule has 3 amide bonds. The number of carbonyl (C=O) groups is 6. The molecule has 0 unspecified atom stereocenters. The van der Waals surface area contributed by atoms with E-state index in [9.17, 15) is 79.8 Å². The summed E-state index contributed by atoms with van der Waals surface area (Å²) in [5, 5.41) is 127. The van der Waals surface area contributed by atoms with E-state index < -0.39 is 253 Å². The normalized spacial score (nSPS) is 32.7. The first-order valence-electron chi connectivity index (χ1n) is 42.3. The van der Waals surface area contributed by atoms with Gasteiger partial charge in [-0.15, -0.1) is 0 Å². The van der Waals surface area contributed by atoms with Crippen molar-refractivity contribution in [2.24, 2.45) is 0 Å². The summed E-state index contributed by atoms with van der Waals surface area (Å²) in [5.74, 6) is -7.13. The van der Waals surface area contributed by atoms with Gasteiger partial charge in [-0.3, -0.25) is 14.4 Å². The van der Waals surface area contributed by atoms with Gasteiger partial charge in [0.15, 0.2) is 56.1 Å². The predicted octanol–water partition coefficient (Wildman–Crippen LogP) is 2.19. The van der Waals surface area contributed by atoms with Crippen molar-refractivity contribution in [1.82, 2.24) is 16.0 Å². The highest BCUT2D eigenvalue weighted by Gasteiger charge is 2.62. The average molecular weight is 1820 g/mol. The maximum absolute atomic E-state index is 14.5. The van der Waals surface area contributed by atoms with Crippen molar-refractivity contribution in [3.05, 3.63) is 245 Å². The Morgan fingerprint density at radius 2 is 0.523 bits per heavy atom. The summed E-state index contributed by atoms with van der Waals surface area (Å²) in [4.78, 5) is 83.5. The van der Waals surface area contributed by atoms with E-state index in [4.69, 9.17) is 90.0 Å². The van der Waals surface area contributed by atoms with Crippen LogP contribution in [0.25, 0.3) is 0 Å². The molecule has 38 heteroatoms. The number of hydrogen-bond donors (Lipinski definition) is 13. The van der Waals surface area contributed by atoms with Crippen molar-refractivity contribution in [3.63, 3.8) is 0 Å². The number of ether oxygens (including phenoxy) is 19. The molecule has 6 aliphatic rings. The van der Waals surface area contributed by atoms with Crippen LogP contribution in [0.3, 0.4) is 0 Å². The Morgan fingerprint density at radius 1 is 0.285 bits per heavy atom. The number of methoxy groups -OCH3 is 1. The minimum atomic E-state index is -2.41. The molecule has 130 heavy (non-hydrogen) atoms. The Kier molecular flexibility index (Phi) is 35.3. The van der Waals surface area contributed by atoms with Crippen LogP contribution in [0.2, 0.25) is 0 Å². The first kappa shape index (κ1) is 97.7. The van der Waals surface area contributed by atoms with Crippen molar-refractivity contribution >= 4 is 35.6 Å². The van der Waals surface area contributed by atoms with E-state index in [1.807, 2.05) is 0 Å². The van der Waals surface area contributed by atoms with E-state index in [0.29, 0.717) is 44.7 Å². The van der Waals surface area contributed by atoms with Crippen LogP contribution in [-0.4, -0.2) is 298 Å². The third-order valence-electron chi connectivity index (χ3n) is 22.7. The maximum atomic E-state index is 14.5. The number of carboxylic acid groups (broad SMARTS) is 3. The van der Waals surface area contributed by atoms with Crippen LogP contribution in [-0.2, 0) is 160 Å². The summed E-state index contributed by atoms with van der Waals surface area (Å²) in [6, 6.07) is 52.6. The number of amides is 3. The van der Waals surface area contributed by atoms with Gasteiger partial charge in [-0.1, -0.05) is 194 Å². The molecule has 38 nitrogen and oxygen atoms in total. The molecular formula is C92H109N3O35. The fraction of sp³-hybridized carbons (Fsp3) is 0.478. The zero-order valence-electron chi connectivity index (χ0n) is 71.2. The number of nitrogens with one attached hydrogen (secondary N) is 3. The summed E-state index contributed by atoms with van der Waals surface area (Å²) in [6.07, 6.45) is -52.0. The Balaban J connectivity index is 0.856. The molecule has 6 saturated heterocycles. The summed E-state index contributed by atoms with van der Waals surface area (Å²) in [6.45, 7) is -1.51. The van der Waals surface area contributed by atoms with E-state index >= 15 is 0 Å². The monoisotopic (exact) mass is 1820 g/mol. The zero-order chi connectivity index (χ0) is 92.1. The summed E-state index contributed by atoms with van der Waals surface area (Å²) in [5.41, 5.74) is 3.77. The van der Waals surface area contributed by atoms with Gasteiger partial charge in [0.1, 0.15) is 134 Å². The second kappa shape index (κ2) is 47.0. The molecule has 0 saturated carbocycles. The van der Waals surface area contributed by atoms with Crippen LogP contribution in [0, 0.1) is 0 Å². The van der Waals surface area contributed by atoms with Gasteiger partial charge in [-0.2, -0.15) is 0 Å². The number of hydrogen-bond acceptors (Lipinski definition) is 32. The number of rotatable bonds is 41. The quantitative estimate of drug-likeness (QED) is 0.0261. The van der Waals surface area contributed by atoms with Crippen LogP contribution in [0.5, 0.6) is 5.75 Å². The van der Waals surface area contributed by atoms with Crippen LogP contribution in [0.1, 0.15) is 59.7 Å². The van der Waals surface area contributed by atoms with E-state index in [2.05, 4.69) is 16.0 Å². The molecule has 13 N–H and O–H groups in total. The minimum Gasteiger partial charge on any atom is -0.497 e. The minimum absolute atomic E-state index is 0.169. The van der Waals surface area contributed by atoms with Crippen LogP contribution in [0.15, 0.2) is 206 Å². The second-order valence-electron chi connectivity index (χ2n) is 31.8. The van der Waals surface area contributed by atoms with Crippen molar-refractivity contribution < 1.29 is 170 Å². The third kappa shape index (κ3) is 24.9. The molecule has 7 aromatic rings. The largest absolute Gasteiger partial charge is 0.497 e. The molecular weight excluding hydrogens is 1710 g/mol. The third-order valence-corrected chi connectivity index (χ3v) is 22.7. The lowest BCUT2D eigenvalue weighted by Gasteiger charge is -2.52. The van der Waals surface area contributed by atoms with Gasteiger partial charge in [-0.25, -0.2) is 14.4 Å². The highest BCUT2D eigenvalue weighted by Crippen LogP contribution is 2.42. The van der Waals surface area contributed by atoms with Gasteiger partial charge in [0.05, 0.1) is 73.2 Å². The van der Waals surface area contributed by atoms with Gasteiger partial charge < -0.3 is 157 Å². The molecule has 6 aliphatic heterocycles. The number of aliphatic hydroxyl groups excluding tert-OH is 7. The Labute approximate surface area is 747 Å². The van der Waals surface area contributed by atoms with Crippen LogP contribution >= 0.6 is 0 Å². The molecule has 702 valence electrons. The number of aliphatic carboxylic acids is 3. The van der Waals surface area contributed by atoms with E-state index in [0.717, 1.165) is 20.8 Å². The van der Waals surface area contributed by atoms with Crippen molar-refractivity contribution in [1.29, 1.82) is 0 Å². The van der Waals surface area contributed by atoms with Crippen LogP contribution in [0.4, 0.5) is 0 Å². The SMILES string of the molecule is COc1ccc(CO[C@H]2[C@H](OCc3ccccc3)[C@@H](O)[C@H](O[C@@H]3[C@H](NC(C)=O)[C@H](O[C@H]4[C@H](OCc5ccccc5)[C@@H](O)[C@H](O[C@@H]5[C@@H](NC(C)=O)[C@H](O[C@H]6[C@H](OCc7ccccc7)[C@@H](O)[C@H](O[C@@H]7[C@@H](NC(C)=O)[C@H](O)O[C@H](CO)[C@@H]7OCc7ccccc7)O[C@@H]6C(=O)O)O[C@H](CO)[C@@H]5OCc5ccccc5)O[C@@H]4C(=O)O)O[C@H](CO)[C@@H]3OCc3ccccc3)O[C@@H]2C(=O)O)cc1. The Bertz CT molecular complexity index is 4690. The van der Waals surface area contributed by atoms with Gasteiger partial charge >= 0.3 is 17.9 Å². The molecule has 13 rings (SSSR count). The molecule has 30 atom stereocenters. The van der Waals surface area contributed by atoms with Crippen LogP contribution < -0.4 is 20.7 Å². The number of carboxylic acids is 3. The maximum Gasteiger partial charge on any atom is 0.335 e. The molecule has 7 aromatic carbocycles.